The first-order chi connectivity index (χ1) is 9.19. The van der Waals surface area contributed by atoms with Crippen LogP contribution in [-0.2, 0) is 18.9 Å². The van der Waals surface area contributed by atoms with Crippen molar-refractivity contribution < 1.29 is 29.2 Å². The van der Waals surface area contributed by atoms with Crippen LogP contribution in [0.15, 0.2) is 0 Å². The molecule has 114 valence electrons. The van der Waals surface area contributed by atoms with Gasteiger partial charge in [0.1, 0.15) is 36.1 Å². The van der Waals surface area contributed by atoms with Crippen LogP contribution in [0.2, 0.25) is 0 Å². The van der Waals surface area contributed by atoms with E-state index in [4.69, 9.17) is 18.9 Å². The molecule has 1 saturated carbocycles. The first-order valence-corrected chi connectivity index (χ1v) is 8.17. The lowest BCUT2D eigenvalue weighted by molar-refractivity contribution is -0.565. The van der Waals surface area contributed by atoms with E-state index in [0.717, 1.165) is 0 Å². The Balaban J connectivity index is 1.81. The molecule has 2 N–H and O–H groups in total. The third-order valence-corrected chi connectivity index (χ3v) is 6.96. The van der Waals surface area contributed by atoms with Gasteiger partial charge in [-0.15, -0.1) is 0 Å². The molecule has 5 aliphatic rings. The maximum Gasteiger partial charge on any atom is 0.281 e. The highest BCUT2D eigenvalue weighted by Gasteiger charge is 2.75. The minimum Gasteiger partial charge on any atom is -0.387 e. The van der Waals surface area contributed by atoms with Crippen molar-refractivity contribution in [1.29, 1.82) is 0 Å². The summed E-state index contributed by atoms with van der Waals surface area (Å²) in [6, 6.07) is 0. The van der Waals surface area contributed by atoms with Crippen molar-refractivity contribution in [2.24, 2.45) is 0 Å². The Kier molecular flexibility index (Phi) is 2.73. The van der Waals surface area contributed by atoms with Crippen LogP contribution in [0.4, 0.5) is 0 Å². The summed E-state index contributed by atoms with van der Waals surface area (Å²) < 4.78 is 23.6. The Hall–Kier alpha value is 0.490. The Labute approximate surface area is 130 Å². The molecule has 1 aliphatic carbocycles. The zero-order valence-electron chi connectivity index (χ0n) is 11.6. The van der Waals surface area contributed by atoms with Crippen molar-refractivity contribution in [2.75, 3.05) is 0 Å². The first-order valence-electron chi connectivity index (χ1n) is 6.92. The maximum atomic E-state index is 10.6. The van der Waals surface area contributed by atoms with Gasteiger partial charge in [-0.2, -0.15) is 0 Å². The topological polar surface area (TPSA) is 77.4 Å². The predicted octanol–water partition coefficient (Wildman–Crippen LogP) is 0.320. The smallest absolute Gasteiger partial charge is 0.281 e. The molecule has 4 heterocycles. The second-order valence-electron chi connectivity index (χ2n) is 6.83. The van der Waals surface area contributed by atoms with E-state index in [1.165, 1.54) is 0 Å². The van der Waals surface area contributed by atoms with Crippen molar-refractivity contribution in [1.82, 2.24) is 0 Å². The SMILES string of the molecule is CC12OC3C(O)C4(C[C@H](I)C(C)(C)O[C@H]4C(O1)[C@@H]3O)O2. The Morgan fingerprint density at radius 1 is 1.05 bits per heavy atom. The Bertz CT molecular complexity index is 458. The second kappa shape index (κ2) is 3.87. The molecule has 8 atom stereocenters. The predicted molar refractivity (Wildman–Crippen MR) is 75.4 cm³/mol. The summed E-state index contributed by atoms with van der Waals surface area (Å²) in [5.74, 6) is -1.20. The van der Waals surface area contributed by atoms with Gasteiger partial charge in [-0.05, 0) is 20.3 Å². The lowest BCUT2D eigenvalue weighted by atomic mass is 9.67. The summed E-state index contributed by atoms with van der Waals surface area (Å²) >= 11 is 2.33. The molecule has 5 unspecified atom stereocenters. The number of aliphatic hydroxyl groups excluding tert-OH is 2. The molecule has 5 rings (SSSR count). The molecule has 6 nitrogen and oxygen atoms in total. The minimum atomic E-state index is -1.20. The Morgan fingerprint density at radius 3 is 2.40 bits per heavy atom. The van der Waals surface area contributed by atoms with E-state index in [2.05, 4.69) is 22.6 Å². The van der Waals surface area contributed by atoms with Gasteiger partial charge in [-0.3, -0.25) is 0 Å². The summed E-state index contributed by atoms with van der Waals surface area (Å²) in [6.45, 7) is 5.71. The maximum absolute atomic E-state index is 10.6. The molecule has 5 fully saturated rings. The van der Waals surface area contributed by atoms with Crippen LogP contribution in [0.25, 0.3) is 0 Å². The molecule has 1 spiro atoms. The number of ether oxygens (including phenoxy) is 4. The summed E-state index contributed by atoms with van der Waals surface area (Å²) in [5.41, 5.74) is -1.22. The summed E-state index contributed by atoms with van der Waals surface area (Å²) in [6.07, 6.45) is -2.86. The normalized spacial score (nSPS) is 63.3. The van der Waals surface area contributed by atoms with Crippen molar-refractivity contribution in [3.8, 4) is 0 Å². The molecule has 4 bridgehead atoms. The van der Waals surface area contributed by atoms with Crippen molar-refractivity contribution in [3.05, 3.63) is 0 Å². The lowest BCUT2D eigenvalue weighted by Gasteiger charge is -2.68. The third-order valence-electron chi connectivity index (χ3n) is 5.02. The van der Waals surface area contributed by atoms with Crippen molar-refractivity contribution in [3.63, 3.8) is 0 Å². The van der Waals surface area contributed by atoms with Crippen molar-refractivity contribution >= 4 is 22.6 Å². The minimum absolute atomic E-state index is 0.183. The van der Waals surface area contributed by atoms with Gasteiger partial charge in [0.25, 0.3) is 5.97 Å². The van der Waals surface area contributed by atoms with Crippen molar-refractivity contribution in [2.45, 2.75) is 78.8 Å². The number of alkyl halides is 1. The van der Waals surface area contributed by atoms with E-state index in [9.17, 15) is 10.2 Å². The van der Waals surface area contributed by atoms with Crippen LogP contribution in [0.5, 0.6) is 0 Å². The second-order valence-corrected chi connectivity index (χ2v) is 8.34. The highest BCUT2D eigenvalue weighted by Crippen LogP contribution is 2.57. The summed E-state index contributed by atoms with van der Waals surface area (Å²) in [4.78, 5) is 0. The number of hydrogen-bond acceptors (Lipinski definition) is 6. The van der Waals surface area contributed by atoms with E-state index < -0.39 is 42.1 Å². The van der Waals surface area contributed by atoms with E-state index in [1.54, 1.807) is 6.92 Å². The lowest BCUT2D eigenvalue weighted by Crippen LogP contribution is -2.86. The zero-order chi connectivity index (χ0) is 14.5. The van der Waals surface area contributed by atoms with Gasteiger partial charge in [0.15, 0.2) is 0 Å². The van der Waals surface area contributed by atoms with Crippen LogP contribution >= 0.6 is 22.6 Å². The fourth-order valence-corrected chi connectivity index (χ4v) is 4.78. The monoisotopic (exact) mass is 398 g/mol. The average Bonchev–Trinajstić information content (AvgIpc) is 2.34. The van der Waals surface area contributed by atoms with E-state index in [1.807, 2.05) is 13.8 Å². The zero-order valence-corrected chi connectivity index (χ0v) is 13.7. The number of rotatable bonds is 0. The molecule has 0 aromatic heterocycles. The van der Waals surface area contributed by atoms with Gasteiger partial charge >= 0.3 is 0 Å². The number of hydrogen-bond donors (Lipinski definition) is 2. The summed E-state index contributed by atoms with van der Waals surface area (Å²) in [7, 11) is 0. The molecule has 4 saturated heterocycles. The molecular formula is C13H19IO6. The van der Waals surface area contributed by atoms with Gasteiger partial charge in [0.2, 0.25) is 0 Å². The van der Waals surface area contributed by atoms with Crippen LogP contribution in [0, 0.1) is 0 Å². The fourth-order valence-electron chi connectivity index (χ4n) is 3.95. The molecule has 0 amide bonds. The number of aliphatic hydroxyl groups is 2. The Morgan fingerprint density at radius 2 is 1.70 bits per heavy atom. The molecule has 0 radical (unpaired) electrons. The fraction of sp³-hybridized carbons (Fsp3) is 1.00. The molecule has 0 aromatic carbocycles. The number of halogens is 1. The molecule has 7 heteroatoms. The van der Waals surface area contributed by atoms with Gasteiger partial charge in [-0.1, -0.05) is 22.6 Å². The molecule has 4 aliphatic heterocycles. The average molecular weight is 398 g/mol. The van der Waals surface area contributed by atoms with Gasteiger partial charge in [0, 0.05) is 10.8 Å². The standard InChI is InChI=1S/C13H19IO6/c1-11(2)5(14)4-13-9(16)7-6(15)8(10(13)19-11)18-12(3,17-7)20-13/h5-10,15-16H,4H2,1-3H3/t5-,6+,7?,8?,9?,10-,12?,13?/m0/s1. The molecule has 20 heavy (non-hydrogen) atoms. The molecular weight excluding hydrogens is 379 g/mol. The highest BCUT2D eigenvalue weighted by atomic mass is 127. The quantitative estimate of drug-likeness (QED) is 0.452. The van der Waals surface area contributed by atoms with Crippen LogP contribution in [0.1, 0.15) is 27.2 Å². The van der Waals surface area contributed by atoms with Crippen LogP contribution < -0.4 is 0 Å². The highest BCUT2D eigenvalue weighted by molar-refractivity contribution is 14.1. The van der Waals surface area contributed by atoms with Gasteiger partial charge < -0.3 is 29.2 Å². The van der Waals surface area contributed by atoms with Gasteiger partial charge in [-0.25, -0.2) is 0 Å². The molecule has 0 aromatic rings. The third kappa shape index (κ3) is 1.55. The largest absolute Gasteiger partial charge is 0.387 e. The van der Waals surface area contributed by atoms with E-state index in [-0.39, 0.29) is 9.53 Å². The first kappa shape index (κ1) is 14.1. The summed E-state index contributed by atoms with van der Waals surface area (Å²) in [5, 5.41) is 21.0. The van der Waals surface area contributed by atoms with Gasteiger partial charge in [0.05, 0.1) is 5.60 Å². The van der Waals surface area contributed by atoms with Crippen LogP contribution in [0.3, 0.4) is 0 Å². The van der Waals surface area contributed by atoms with E-state index in [0.29, 0.717) is 6.42 Å². The van der Waals surface area contributed by atoms with Crippen LogP contribution in [-0.4, -0.2) is 61.8 Å². The van der Waals surface area contributed by atoms with E-state index >= 15 is 0 Å².